The highest BCUT2D eigenvalue weighted by Crippen LogP contribution is 2.32. The second-order valence-corrected chi connectivity index (χ2v) is 5.32. The fourth-order valence-corrected chi connectivity index (χ4v) is 2.64. The summed E-state index contributed by atoms with van der Waals surface area (Å²) in [6.07, 6.45) is 2.87. The van der Waals surface area contributed by atoms with Gasteiger partial charge in [-0.2, -0.15) is 0 Å². The average molecular weight is 251 g/mol. The molecule has 2 saturated heterocycles. The van der Waals surface area contributed by atoms with Gasteiger partial charge in [-0.1, -0.05) is 0 Å². The van der Waals surface area contributed by atoms with Crippen LogP contribution in [-0.4, -0.2) is 59.3 Å². The maximum absolute atomic E-state index is 11.3. The maximum Gasteiger partial charge on any atom is 0.322 e. The van der Waals surface area contributed by atoms with Gasteiger partial charge in [0.05, 0.1) is 13.2 Å². The number of imidazole rings is 1. The Morgan fingerprint density at radius 3 is 2.94 bits per heavy atom. The third-order valence-electron chi connectivity index (χ3n) is 3.99. The van der Waals surface area contributed by atoms with Crippen molar-refractivity contribution in [2.24, 2.45) is 0 Å². The number of rotatable bonds is 3. The first-order valence-electron chi connectivity index (χ1n) is 6.17. The lowest BCUT2D eigenvalue weighted by Gasteiger charge is -2.35. The van der Waals surface area contributed by atoms with Crippen LogP contribution in [-0.2, 0) is 14.9 Å². The third-order valence-corrected chi connectivity index (χ3v) is 3.99. The predicted octanol–water partition coefficient (Wildman–Crippen LogP) is 0.181. The van der Waals surface area contributed by atoms with Crippen LogP contribution in [0.1, 0.15) is 23.9 Å². The zero-order valence-corrected chi connectivity index (χ0v) is 10.3. The molecule has 0 spiro atoms. The van der Waals surface area contributed by atoms with Crippen LogP contribution in [0.2, 0.25) is 0 Å². The van der Waals surface area contributed by atoms with Gasteiger partial charge >= 0.3 is 5.97 Å². The molecule has 0 saturated carbocycles. The SMILES string of the molecule is CN1CCC(c2cnc(C3(C(=O)O)COC3)[nH]2)C1. The lowest BCUT2D eigenvalue weighted by molar-refractivity contribution is -0.163. The molecule has 0 amide bonds. The first-order chi connectivity index (χ1) is 8.62. The second-order valence-electron chi connectivity index (χ2n) is 5.32. The molecule has 2 aliphatic heterocycles. The minimum absolute atomic E-state index is 0.208. The molecule has 98 valence electrons. The van der Waals surface area contributed by atoms with Crippen LogP contribution in [0.3, 0.4) is 0 Å². The van der Waals surface area contributed by atoms with Crippen LogP contribution >= 0.6 is 0 Å². The quantitative estimate of drug-likeness (QED) is 0.801. The Kier molecular flexibility index (Phi) is 2.64. The molecule has 1 atom stereocenters. The van der Waals surface area contributed by atoms with Gasteiger partial charge in [0.1, 0.15) is 5.82 Å². The van der Waals surface area contributed by atoms with Crippen molar-refractivity contribution in [2.75, 3.05) is 33.4 Å². The van der Waals surface area contributed by atoms with Crippen molar-refractivity contribution in [3.05, 3.63) is 17.7 Å². The number of hydrogen-bond donors (Lipinski definition) is 2. The summed E-state index contributed by atoms with van der Waals surface area (Å²) in [6, 6.07) is 0. The number of carbonyl (C=O) groups is 1. The van der Waals surface area contributed by atoms with E-state index >= 15 is 0 Å². The fraction of sp³-hybridized carbons (Fsp3) is 0.667. The summed E-state index contributed by atoms with van der Waals surface area (Å²) < 4.78 is 5.06. The van der Waals surface area contributed by atoms with E-state index < -0.39 is 11.4 Å². The molecular weight excluding hydrogens is 234 g/mol. The Balaban J connectivity index is 1.83. The van der Waals surface area contributed by atoms with Crippen molar-refractivity contribution in [1.82, 2.24) is 14.9 Å². The van der Waals surface area contributed by atoms with Gasteiger partial charge in [-0.05, 0) is 20.0 Å². The average Bonchev–Trinajstić information content (AvgIpc) is 2.84. The van der Waals surface area contributed by atoms with Crippen LogP contribution < -0.4 is 0 Å². The van der Waals surface area contributed by atoms with E-state index in [9.17, 15) is 9.90 Å². The van der Waals surface area contributed by atoms with Gasteiger partial charge in [0.25, 0.3) is 0 Å². The Hall–Kier alpha value is -1.40. The van der Waals surface area contributed by atoms with E-state index in [0.717, 1.165) is 25.2 Å². The van der Waals surface area contributed by atoms with Crippen LogP contribution in [0, 0.1) is 0 Å². The number of carboxylic acid groups (broad SMARTS) is 1. The number of aliphatic carboxylic acids is 1. The van der Waals surface area contributed by atoms with Crippen molar-refractivity contribution in [3.8, 4) is 0 Å². The van der Waals surface area contributed by atoms with Crippen LogP contribution in [0.5, 0.6) is 0 Å². The van der Waals surface area contributed by atoms with Crippen molar-refractivity contribution < 1.29 is 14.6 Å². The molecule has 18 heavy (non-hydrogen) atoms. The fourth-order valence-electron chi connectivity index (χ4n) is 2.64. The molecule has 3 heterocycles. The largest absolute Gasteiger partial charge is 0.480 e. The van der Waals surface area contributed by atoms with E-state index in [1.807, 2.05) is 0 Å². The van der Waals surface area contributed by atoms with E-state index in [4.69, 9.17) is 4.74 Å². The first kappa shape index (κ1) is 11.7. The zero-order valence-electron chi connectivity index (χ0n) is 10.3. The molecule has 2 aliphatic rings. The number of likely N-dealkylation sites (N-methyl/N-ethyl adjacent to an activating group) is 1. The van der Waals surface area contributed by atoms with Gasteiger partial charge in [-0.25, -0.2) is 4.98 Å². The second kappa shape index (κ2) is 4.07. The van der Waals surface area contributed by atoms with E-state index in [1.165, 1.54) is 0 Å². The van der Waals surface area contributed by atoms with Crippen molar-refractivity contribution >= 4 is 5.97 Å². The van der Waals surface area contributed by atoms with E-state index in [-0.39, 0.29) is 13.2 Å². The lowest BCUT2D eigenvalue weighted by atomic mass is 9.85. The molecule has 1 unspecified atom stereocenters. The molecule has 6 nitrogen and oxygen atoms in total. The van der Waals surface area contributed by atoms with Gasteiger partial charge in [-0.15, -0.1) is 0 Å². The molecule has 0 aliphatic carbocycles. The summed E-state index contributed by atoms with van der Waals surface area (Å²) in [6.45, 7) is 2.49. The van der Waals surface area contributed by atoms with E-state index in [1.54, 1.807) is 6.20 Å². The third kappa shape index (κ3) is 1.64. The van der Waals surface area contributed by atoms with Gasteiger partial charge in [0.15, 0.2) is 5.41 Å². The molecule has 2 N–H and O–H groups in total. The number of likely N-dealkylation sites (tertiary alicyclic amines) is 1. The monoisotopic (exact) mass is 251 g/mol. The summed E-state index contributed by atoms with van der Waals surface area (Å²) in [5.41, 5.74) is 0.0878. The van der Waals surface area contributed by atoms with Crippen molar-refractivity contribution in [2.45, 2.75) is 17.8 Å². The Morgan fingerprint density at radius 2 is 2.44 bits per heavy atom. The molecule has 6 heteroatoms. The van der Waals surface area contributed by atoms with E-state index in [0.29, 0.717) is 11.7 Å². The number of carboxylic acids is 1. The number of nitrogens with zero attached hydrogens (tertiary/aromatic N) is 2. The molecule has 0 aromatic carbocycles. The van der Waals surface area contributed by atoms with Crippen LogP contribution in [0.15, 0.2) is 6.20 Å². The zero-order chi connectivity index (χ0) is 12.8. The first-order valence-corrected chi connectivity index (χ1v) is 6.17. The molecule has 3 rings (SSSR count). The Bertz CT molecular complexity index is 467. The number of H-pyrrole nitrogens is 1. The van der Waals surface area contributed by atoms with Gasteiger partial charge < -0.3 is 19.7 Å². The number of ether oxygens (including phenoxy) is 1. The smallest absolute Gasteiger partial charge is 0.322 e. The molecular formula is C12H17N3O3. The number of hydrogen-bond acceptors (Lipinski definition) is 4. The number of aromatic nitrogens is 2. The highest BCUT2D eigenvalue weighted by molar-refractivity contribution is 5.81. The van der Waals surface area contributed by atoms with Gasteiger partial charge in [0.2, 0.25) is 0 Å². The summed E-state index contributed by atoms with van der Waals surface area (Å²) in [5.74, 6) is 0.104. The topological polar surface area (TPSA) is 78.5 Å². The van der Waals surface area contributed by atoms with Crippen LogP contribution in [0.25, 0.3) is 0 Å². The molecule has 1 aromatic heterocycles. The number of nitrogens with one attached hydrogen (secondary N) is 1. The van der Waals surface area contributed by atoms with E-state index in [2.05, 4.69) is 21.9 Å². The molecule has 2 fully saturated rings. The Labute approximate surface area is 105 Å². The molecule has 0 radical (unpaired) electrons. The van der Waals surface area contributed by atoms with Crippen molar-refractivity contribution in [3.63, 3.8) is 0 Å². The minimum Gasteiger partial charge on any atom is -0.480 e. The van der Waals surface area contributed by atoms with Crippen LogP contribution in [0.4, 0.5) is 0 Å². The minimum atomic E-state index is -0.956. The molecule has 0 bridgehead atoms. The molecule has 1 aromatic rings. The van der Waals surface area contributed by atoms with Gasteiger partial charge in [0, 0.05) is 24.4 Å². The number of aromatic amines is 1. The summed E-state index contributed by atoms with van der Waals surface area (Å²) in [4.78, 5) is 21.1. The Morgan fingerprint density at radius 1 is 1.67 bits per heavy atom. The summed E-state index contributed by atoms with van der Waals surface area (Å²) in [7, 11) is 2.09. The summed E-state index contributed by atoms with van der Waals surface area (Å²) >= 11 is 0. The summed E-state index contributed by atoms with van der Waals surface area (Å²) in [5, 5.41) is 9.31. The normalized spacial score (nSPS) is 27.1. The highest BCUT2D eigenvalue weighted by Gasteiger charge is 2.50. The highest BCUT2D eigenvalue weighted by atomic mass is 16.5. The lowest BCUT2D eigenvalue weighted by Crippen LogP contribution is -2.53. The van der Waals surface area contributed by atoms with Crippen molar-refractivity contribution in [1.29, 1.82) is 0 Å². The maximum atomic E-state index is 11.3. The predicted molar refractivity (Wildman–Crippen MR) is 63.6 cm³/mol. The standard InChI is InChI=1S/C12H17N3O3/c1-15-3-2-8(5-15)9-4-13-10(14-9)12(11(16)17)6-18-7-12/h4,8H,2-3,5-7H2,1H3,(H,13,14)(H,16,17). The van der Waals surface area contributed by atoms with Gasteiger partial charge in [-0.3, -0.25) is 4.79 Å².